The first kappa shape index (κ1) is 30.9. The maximum atomic E-state index is 6.83. The third-order valence-electron chi connectivity index (χ3n) is 9.25. The van der Waals surface area contributed by atoms with Crippen molar-refractivity contribution in [2.24, 2.45) is 0 Å². The van der Waals surface area contributed by atoms with E-state index < -0.39 is 0 Å². The number of hydrogen-bond donors (Lipinski definition) is 0. The molecule has 0 radical (unpaired) electrons. The molecule has 0 fully saturated rings. The fourth-order valence-corrected chi connectivity index (χ4v) is 7.24. The first-order valence-electron chi connectivity index (χ1n) is 16.7. The highest BCUT2D eigenvalue weighted by atomic mass is 79.9. The molecule has 0 aliphatic carbocycles. The van der Waals surface area contributed by atoms with E-state index in [9.17, 15) is 0 Å². The van der Waals surface area contributed by atoms with Gasteiger partial charge in [0.2, 0.25) is 0 Å². The van der Waals surface area contributed by atoms with Crippen molar-refractivity contribution in [1.29, 1.82) is 0 Å². The lowest BCUT2D eigenvalue weighted by Crippen LogP contribution is -2.15. The largest absolute Gasteiger partial charge is 0.455 e. The summed E-state index contributed by atoms with van der Waals surface area (Å²) >= 11 is 3.90. The smallest absolute Gasteiger partial charge is 0.145 e. The van der Waals surface area contributed by atoms with E-state index in [0.29, 0.717) is 0 Å². The van der Waals surface area contributed by atoms with E-state index in [1.54, 1.807) is 0 Å². The Hall–Kier alpha value is -5.38. The summed E-state index contributed by atoms with van der Waals surface area (Å²) in [6, 6.07) is 58.4. The number of furan rings is 1. The average Bonchev–Trinajstić information content (AvgIpc) is 3.52. The van der Waals surface area contributed by atoms with E-state index in [1.807, 2.05) is 0 Å². The van der Waals surface area contributed by atoms with Gasteiger partial charge in [-0.2, -0.15) is 0 Å². The molecule has 0 N–H and O–H groups in total. The Balaban J connectivity index is 1.51. The summed E-state index contributed by atoms with van der Waals surface area (Å²) in [5.41, 5.74) is 13.0. The average molecular weight is 699 g/mol. The predicted molar refractivity (Wildman–Crippen MR) is 211 cm³/mol. The zero-order valence-electron chi connectivity index (χ0n) is 27.8. The summed E-state index contributed by atoms with van der Waals surface area (Å²) in [5, 5.41) is 2.17. The molecule has 1 aromatic heterocycles. The van der Waals surface area contributed by atoms with Gasteiger partial charge in [-0.25, -0.2) is 0 Å². The zero-order valence-corrected chi connectivity index (χ0v) is 29.4. The minimum absolute atomic E-state index is 0.0571. The first-order chi connectivity index (χ1) is 23.8. The molecule has 7 aromatic carbocycles. The molecule has 1 heterocycles. The third-order valence-corrected chi connectivity index (χ3v) is 9.71. The van der Waals surface area contributed by atoms with Crippen LogP contribution in [0, 0.1) is 0 Å². The minimum Gasteiger partial charge on any atom is -0.455 e. The molecule has 0 unspecified atom stereocenters. The second-order valence-electron chi connectivity index (χ2n) is 13.6. The highest BCUT2D eigenvalue weighted by Crippen LogP contribution is 2.51. The van der Waals surface area contributed by atoms with Crippen LogP contribution in [0.2, 0.25) is 0 Å². The van der Waals surface area contributed by atoms with Crippen LogP contribution in [-0.4, -0.2) is 0 Å². The van der Waals surface area contributed by atoms with Gasteiger partial charge in [0.05, 0.1) is 11.1 Å². The zero-order chi connectivity index (χ0) is 33.5. The Morgan fingerprint density at radius 3 is 1.69 bits per heavy atom. The maximum absolute atomic E-state index is 6.83. The van der Waals surface area contributed by atoms with E-state index >= 15 is 0 Å². The Bertz CT molecular complexity index is 2410. The van der Waals surface area contributed by atoms with E-state index in [2.05, 4.69) is 205 Å². The minimum atomic E-state index is -0.0571. The van der Waals surface area contributed by atoms with Gasteiger partial charge in [0.25, 0.3) is 0 Å². The molecule has 0 atom stereocenters. The molecule has 238 valence electrons. The van der Waals surface area contributed by atoms with Gasteiger partial charge in [0, 0.05) is 32.4 Å². The van der Waals surface area contributed by atoms with Crippen molar-refractivity contribution in [2.75, 3.05) is 4.90 Å². The molecular formula is C46H36BrNO. The SMILES string of the molecule is CC(C)(C)c1cc(Br)cc(N(c2ccc(-c3ccccc3)cc2)c2c(-c3ccccc3)cc(-c3ccccc3)c3oc4ccccc4c23)c1. The molecule has 0 aliphatic rings. The lowest BCUT2D eigenvalue weighted by molar-refractivity contribution is 0.590. The standard InChI is InChI=1S/C46H36BrNO/c1-46(2,3)35-27-36(47)29-38(28-35)48(37-25-23-32(24-26-37)31-15-7-4-8-16-31)44-40(33-17-9-5-10-18-33)30-41(34-19-11-6-12-20-34)45-43(44)39-21-13-14-22-42(39)49-45/h4-30H,1-3H3. The number of halogens is 1. The molecule has 0 aliphatic heterocycles. The molecular weight excluding hydrogens is 662 g/mol. The Labute approximate surface area is 296 Å². The number of fused-ring (bicyclic) bond motifs is 3. The molecule has 8 aromatic rings. The van der Waals surface area contributed by atoms with Crippen LogP contribution in [0.5, 0.6) is 0 Å². The van der Waals surface area contributed by atoms with Gasteiger partial charge in [-0.3, -0.25) is 0 Å². The third kappa shape index (κ3) is 5.85. The second-order valence-corrected chi connectivity index (χ2v) is 14.5. The number of nitrogens with zero attached hydrogens (tertiary/aromatic N) is 1. The number of para-hydroxylation sites is 1. The van der Waals surface area contributed by atoms with Crippen LogP contribution >= 0.6 is 15.9 Å². The molecule has 2 nitrogen and oxygen atoms in total. The topological polar surface area (TPSA) is 16.4 Å². The number of anilines is 3. The van der Waals surface area contributed by atoms with Crippen LogP contribution in [0.4, 0.5) is 17.1 Å². The molecule has 0 bridgehead atoms. The van der Waals surface area contributed by atoms with Crippen LogP contribution in [0.15, 0.2) is 173 Å². The lowest BCUT2D eigenvalue weighted by atomic mass is 9.86. The van der Waals surface area contributed by atoms with E-state index in [0.717, 1.165) is 65.7 Å². The summed E-state index contributed by atoms with van der Waals surface area (Å²) in [6.07, 6.45) is 0. The van der Waals surface area contributed by atoms with Gasteiger partial charge in [0.15, 0.2) is 0 Å². The normalized spacial score (nSPS) is 11.7. The van der Waals surface area contributed by atoms with Gasteiger partial charge >= 0.3 is 0 Å². The van der Waals surface area contributed by atoms with Crippen molar-refractivity contribution in [3.05, 3.63) is 174 Å². The predicted octanol–water partition coefficient (Wildman–Crippen LogP) is 14.1. The van der Waals surface area contributed by atoms with Crippen molar-refractivity contribution in [1.82, 2.24) is 0 Å². The quantitative estimate of drug-likeness (QED) is 0.172. The van der Waals surface area contributed by atoms with E-state index in [4.69, 9.17) is 4.42 Å². The van der Waals surface area contributed by atoms with Gasteiger partial charge in [-0.15, -0.1) is 0 Å². The van der Waals surface area contributed by atoms with Crippen LogP contribution < -0.4 is 4.90 Å². The molecule has 0 saturated heterocycles. The highest BCUT2D eigenvalue weighted by Gasteiger charge is 2.27. The van der Waals surface area contributed by atoms with Crippen LogP contribution in [0.3, 0.4) is 0 Å². The van der Waals surface area contributed by atoms with Gasteiger partial charge in [-0.05, 0) is 75.7 Å². The van der Waals surface area contributed by atoms with Crippen molar-refractivity contribution >= 4 is 54.9 Å². The van der Waals surface area contributed by atoms with Crippen molar-refractivity contribution < 1.29 is 4.42 Å². The lowest BCUT2D eigenvalue weighted by Gasteiger charge is -2.31. The van der Waals surface area contributed by atoms with Gasteiger partial charge < -0.3 is 9.32 Å². The summed E-state index contributed by atoms with van der Waals surface area (Å²) in [7, 11) is 0. The maximum Gasteiger partial charge on any atom is 0.145 e. The highest BCUT2D eigenvalue weighted by molar-refractivity contribution is 9.10. The molecule has 0 saturated carbocycles. The Morgan fingerprint density at radius 2 is 1.06 bits per heavy atom. The monoisotopic (exact) mass is 697 g/mol. The fraction of sp³-hybridized carbons (Fsp3) is 0.0870. The molecule has 8 rings (SSSR count). The number of benzene rings is 7. The van der Waals surface area contributed by atoms with Crippen LogP contribution in [-0.2, 0) is 5.41 Å². The van der Waals surface area contributed by atoms with Crippen molar-refractivity contribution in [3.8, 4) is 33.4 Å². The molecule has 49 heavy (non-hydrogen) atoms. The second kappa shape index (κ2) is 12.6. The molecule has 3 heteroatoms. The van der Waals surface area contributed by atoms with Gasteiger partial charge in [0.1, 0.15) is 11.2 Å². The van der Waals surface area contributed by atoms with E-state index in [1.165, 1.54) is 16.7 Å². The Morgan fingerprint density at radius 1 is 0.510 bits per heavy atom. The molecule has 0 amide bonds. The fourth-order valence-electron chi connectivity index (χ4n) is 6.76. The van der Waals surface area contributed by atoms with Gasteiger partial charge in [-0.1, -0.05) is 158 Å². The first-order valence-corrected chi connectivity index (χ1v) is 17.5. The summed E-state index contributed by atoms with van der Waals surface area (Å²) < 4.78 is 7.87. The summed E-state index contributed by atoms with van der Waals surface area (Å²) in [4.78, 5) is 2.43. The summed E-state index contributed by atoms with van der Waals surface area (Å²) in [5.74, 6) is 0. The van der Waals surface area contributed by atoms with Crippen molar-refractivity contribution in [3.63, 3.8) is 0 Å². The van der Waals surface area contributed by atoms with Crippen molar-refractivity contribution in [2.45, 2.75) is 26.2 Å². The summed E-state index contributed by atoms with van der Waals surface area (Å²) in [6.45, 7) is 6.80. The number of hydrogen-bond acceptors (Lipinski definition) is 2. The Kier molecular flexibility index (Phi) is 7.94. The van der Waals surface area contributed by atoms with E-state index in [-0.39, 0.29) is 5.41 Å². The number of rotatable bonds is 6. The molecule has 0 spiro atoms. The van der Waals surface area contributed by atoms with Crippen LogP contribution in [0.25, 0.3) is 55.3 Å². The van der Waals surface area contributed by atoms with Crippen LogP contribution in [0.1, 0.15) is 26.3 Å².